The molecule has 0 aromatic rings. The second kappa shape index (κ2) is 5.38. The van der Waals surface area contributed by atoms with Crippen molar-refractivity contribution in [2.75, 3.05) is 6.54 Å². The second-order valence-electron chi connectivity index (χ2n) is 3.96. The van der Waals surface area contributed by atoms with Crippen molar-refractivity contribution in [2.24, 2.45) is 5.92 Å². The molecule has 0 bridgehead atoms. The Balaban J connectivity index is 2.31. The Morgan fingerprint density at radius 2 is 2.15 bits per heavy atom. The molecular weight excluding hydrogens is 162 g/mol. The molecule has 0 amide bonds. The van der Waals surface area contributed by atoms with Crippen molar-refractivity contribution < 1.29 is 4.79 Å². The van der Waals surface area contributed by atoms with Gasteiger partial charge in [0.2, 0.25) is 0 Å². The highest BCUT2D eigenvalue weighted by Gasteiger charge is 2.24. The Labute approximate surface area is 81.1 Å². The molecule has 1 unspecified atom stereocenters. The predicted octanol–water partition coefficient (Wildman–Crippen LogP) is 2.13. The zero-order valence-corrected chi connectivity index (χ0v) is 8.81. The van der Waals surface area contributed by atoms with Gasteiger partial charge in [-0.1, -0.05) is 33.1 Å². The van der Waals surface area contributed by atoms with Gasteiger partial charge in [-0.25, -0.2) is 0 Å². The largest absolute Gasteiger partial charge is 0.308 e. The van der Waals surface area contributed by atoms with E-state index in [0.717, 1.165) is 18.9 Å². The van der Waals surface area contributed by atoms with Crippen LogP contribution in [0.4, 0.5) is 0 Å². The lowest BCUT2D eigenvalue weighted by atomic mass is 9.80. The van der Waals surface area contributed by atoms with Crippen LogP contribution in [-0.4, -0.2) is 18.4 Å². The molecule has 0 radical (unpaired) electrons. The lowest BCUT2D eigenvalue weighted by Crippen LogP contribution is -2.39. The summed E-state index contributed by atoms with van der Waals surface area (Å²) in [5, 5.41) is 3.28. The van der Waals surface area contributed by atoms with Gasteiger partial charge >= 0.3 is 0 Å². The van der Waals surface area contributed by atoms with Crippen molar-refractivity contribution in [3.05, 3.63) is 0 Å². The van der Waals surface area contributed by atoms with Crippen LogP contribution >= 0.6 is 0 Å². The fraction of sp³-hybridized carbons (Fsp3) is 0.909. The molecule has 0 heterocycles. The van der Waals surface area contributed by atoms with E-state index in [-0.39, 0.29) is 6.04 Å². The van der Waals surface area contributed by atoms with Gasteiger partial charge in [0.1, 0.15) is 5.78 Å². The van der Waals surface area contributed by atoms with Crippen LogP contribution in [0.2, 0.25) is 0 Å². The van der Waals surface area contributed by atoms with Crippen LogP contribution in [0.5, 0.6) is 0 Å². The first-order valence-corrected chi connectivity index (χ1v) is 5.54. The standard InChI is InChI=1S/C11H21NO/c1-3-11(13)10(12-4-2)8-9-6-5-7-9/h9-10,12H,3-8H2,1-2H3. The summed E-state index contributed by atoms with van der Waals surface area (Å²) in [5.41, 5.74) is 0. The first-order valence-electron chi connectivity index (χ1n) is 5.54. The van der Waals surface area contributed by atoms with Crippen LogP contribution in [0, 0.1) is 5.92 Å². The first kappa shape index (κ1) is 10.7. The summed E-state index contributed by atoms with van der Waals surface area (Å²) >= 11 is 0. The van der Waals surface area contributed by atoms with Crippen molar-refractivity contribution in [3.8, 4) is 0 Å². The highest BCUT2D eigenvalue weighted by Crippen LogP contribution is 2.30. The highest BCUT2D eigenvalue weighted by molar-refractivity contribution is 5.83. The Morgan fingerprint density at radius 3 is 2.54 bits per heavy atom. The average Bonchev–Trinajstić information content (AvgIpc) is 2.07. The van der Waals surface area contributed by atoms with Gasteiger partial charge in [0.05, 0.1) is 6.04 Å². The molecule has 1 saturated carbocycles. The summed E-state index contributed by atoms with van der Waals surface area (Å²) in [7, 11) is 0. The maximum atomic E-state index is 11.5. The van der Waals surface area contributed by atoms with E-state index in [1.165, 1.54) is 19.3 Å². The maximum absolute atomic E-state index is 11.5. The number of carbonyl (C=O) groups is 1. The van der Waals surface area contributed by atoms with Gasteiger partial charge in [-0.15, -0.1) is 0 Å². The van der Waals surface area contributed by atoms with E-state index in [1.807, 2.05) is 6.92 Å². The Kier molecular flexibility index (Phi) is 4.43. The average molecular weight is 183 g/mol. The van der Waals surface area contributed by atoms with E-state index >= 15 is 0 Å². The third-order valence-electron chi connectivity index (χ3n) is 2.98. The summed E-state index contributed by atoms with van der Waals surface area (Å²) in [6, 6.07) is 0.139. The Bertz CT molecular complexity index is 163. The SMILES string of the molecule is CCNC(CC1CCC1)C(=O)CC. The number of rotatable bonds is 6. The molecule has 0 aromatic carbocycles. The number of carbonyl (C=O) groups excluding carboxylic acids is 1. The highest BCUT2D eigenvalue weighted by atomic mass is 16.1. The quantitative estimate of drug-likeness (QED) is 0.683. The monoisotopic (exact) mass is 183 g/mol. The van der Waals surface area contributed by atoms with Crippen LogP contribution < -0.4 is 5.32 Å². The molecule has 0 saturated heterocycles. The van der Waals surface area contributed by atoms with Crippen molar-refractivity contribution in [3.63, 3.8) is 0 Å². The Hall–Kier alpha value is -0.370. The molecule has 0 aliphatic heterocycles. The van der Waals surface area contributed by atoms with Crippen molar-refractivity contribution in [2.45, 2.75) is 52.0 Å². The summed E-state index contributed by atoms with van der Waals surface area (Å²) in [6.45, 7) is 4.92. The predicted molar refractivity (Wildman–Crippen MR) is 54.7 cm³/mol. The topological polar surface area (TPSA) is 29.1 Å². The van der Waals surface area contributed by atoms with Gasteiger partial charge in [0.25, 0.3) is 0 Å². The fourth-order valence-corrected chi connectivity index (χ4v) is 1.88. The number of ketones is 1. The van der Waals surface area contributed by atoms with Gasteiger partial charge in [-0.05, 0) is 18.9 Å². The smallest absolute Gasteiger partial charge is 0.149 e. The number of hydrogen-bond acceptors (Lipinski definition) is 2. The fourth-order valence-electron chi connectivity index (χ4n) is 1.88. The van der Waals surface area contributed by atoms with Gasteiger partial charge in [-0.2, -0.15) is 0 Å². The number of nitrogens with one attached hydrogen (secondary N) is 1. The van der Waals surface area contributed by atoms with E-state index in [1.54, 1.807) is 0 Å². The third-order valence-corrected chi connectivity index (χ3v) is 2.98. The van der Waals surface area contributed by atoms with Crippen molar-refractivity contribution in [1.82, 2.24) is 5.32 Å². The van der Waals surface area contributed by atoms with Gasteiger partial charge < -0.3 is 5.32 Å². The Morgan fingerprint density at radius 1 is 1.46 bits per heavy atom. The van der Waals surface area contributed by atoms with E-state index < -0.39 is 0 Å². The maximum Gasteiger partial charge on any atom is 0.149 e. The minimum Gasteiger partial charge on any atom is -0.308 e. The first-order chi connectivity index (χ1) is 6.27. The molecule has 1 atom stereocenters. The number of hydrogen-bond donors (Lipinski definition) is 1. The van der Waals surface area contributed by atoms with Crippen molar-refractivity contribution in [1.29, 1.82) is 0 Å². The van der Waals surface area contributed by atoms with E-state index in [9.17, 15) is 4.79 Å². The van der Waals surface area contributed by atoms with Crippen molar-refractivity contribution >= 4 is 5.78 Å². The molecule has 2 heteroatoms. The lowest BCUT2D eigenvalue weighted by Gasteiger charge is -2.29. The molecule has 0 spiro atoms. The molecule has 13 heavy (non-hydrogen) atoms. The van der Waals surface area contributed by atoms with Crippen LogP contribution in [0.1, 0.15) is 46.0 Å². The van der Waals surface area contributed by atoms with Gasteiger partial charge in [-0.3, -0.25) is 4.79 Å². The number of Topliss-reactive ketones (excluding diaryl/α,β-unsaturated/α-hetero) is 1. The van der Waals surface area contributed by atoms with E-state index in [0.29, 0.717) is 12.2 Å². The van der Waals surface area contributed by atoms with E-state index in [4.69, 9.17) is 0 Å². The zero-order valence-electron chi connectivity index (χ0n) is 8.81. The second-order valence-corrected chi connectivity index (χ2v) is 3.96. The minimum atomic E-state index is 0.139. The molecular formula is C11H21NO. The molecule has 0 aromatic heterocycles. The minimum absolute atomic E-state index is 0.139. The molecule has 1 rings (SSSR count). The van der Waals surface area contributed by atoms with E-state index in [2.05, 4.69) is 12.2 Å². The molecule has 1 aliphatic carbocycles. The normalized spacial score (nSPS) is 19.5. The third kappa shape index (κ3) is 3.11. The summed E-state index contributed by atoms with van der Waals surface area (Å²) in [6.07, 6.45) is 5.77. The molecule has 1 fully saturated rings. The molecule has 2 nitrogen and oxygen atoms in total. The van der Waals surface area contributed by atoms with Crippen LogP contribution in [0.3, 0.4) is 0 Å². The molecule has 1 N–H and O–H groups in total. The summed E-state index contributed by atoms with van der Waals surface area (Å²) < 4.78 is 0. The van der Waals surface area contributed by atoms with Crippen LogP contribution in [0.15, 0.2) is 0 Å². The zero-order chi connectivity index (χ0) is 9.68. The van der Waals surface area contributed by atoms with Crippen LogP contribution in [-0.2, 0) is 4.79 Å². The summed E-state index contributed by atoms with van der Waals surface area (Å²) in [5.74, 6) is 1.20. The van der Waals surface area contributed by atoms with Gasteiger partial charge in [0, 0.05) is 6.42 Å². The number of likely N-dealkylation sites (N-methyl/N-ethyl adjacent to an activating group) is 1. The van der Waals surface area contributed by atoms with Gasteiger partial charge in [0.15, 0.2) is 0 Å². The molecule has 1 aliphatic rings. The molecule has 76 valence electrons. The summed E-state index contributed by atoms with van der Waals surface area (Å²) in [4.78, 5) is 11.5. The lowest BCUT2D eigenvalue weighted by molar-refractivity contribution is -0.121. The van der Waals surface area contributed by atoms with Crippen LogP contribution in [0.25, 0.3) is 0 Å².